The van der Waals surface area contributed by atoms with E-state index in [9.17, 15) is 9.59 Å². The molecule has 2 aliphatic heterocycles. The van der Waals surface area contributed by atoms with E-state index in [0.29, 0.717) is 25.3 Å². The van der Waals surface area contributed by atoms with Gasteiger partial charge in [-0.15, -0.1) is 12.4 Å². The van der Waals surface area contributed by atoms with Gasteiger partial charge in [0.15, 0.2) is 0 Å². The molecule has 2 heterocycles. The van der Waals surface area contributed by atoms with Crippen molar-refractivity contribution >= 4 is 29.9 Å². The highest BCUT2D eigenvalue weighted by molar-refractivity contribution is 6.01. The van der Waals surface area contributed by atoms with Crippen LogP contribution in [0.2, 0.25) is 0 Å². The zero-order valence-corrected chi connectivity index (χ0v) is 14.9. The molecule has 2 unspecified atom stereocenters. The summed E-state index contributed by atoms with van der Waals surface area (Å²) in [6, 6.07) is 9.37. The fourth-order valence-electron chi connectivity index (χ4n) is 3.53. The highest BCUT2D eigenvalue weighted by atomic mass is 35.5. The molecule has 0 aromatic heterocycles. The van der Waals surface area contributed by atoms with Crippen LogP contribution in [0.5, 0.6) is 0 Å². The maximum atomic E-state index is 12.6. The van der Waals surface area contributed by atoms with Gasteiger partial charge in [-0.25, -0.2) is 0 Å². The van der Waals surface area contributed by atoms with Crippen molar-refractivity contribution in [3.05, 3.63) is 30.3 Å². The largest absolute Gasteiger partial charge is 0.334 e. The van der Waals surface area contributed by atoms with Gasteiger partial charge in [-0.1, -0.05) is 18.2 Å². The zero-order chi connectivity index (χ0) is 16.2. The van der Waals surface area contributed by atoms with E-state index < -0.39 is 0 Å². The van der Waals surface area contributed by atoms with Crippen molar-refractivity contribution < 1.29 is 9.59 Å². The Hall–Kier alpha value is -1.59. The maximum Gasteiger partial charge on any atom is 0.249 e. The van der Waals surface area contributed by atoms with Crippen molar-refractivity contribution in [2.45, 2.75) is 31.7 Å². The summed E-state index contributed by atoms with van der Waals surface area (Å²) in [5.74, 6) is 0.729. The average Bonchev–Trinajstić information content (AvgIpc) is 3.22. The van der Waals surface area contributed by atoms with Crippen LogP contribution in [0, 0.1) is 5.92 Å². The van der Waals surface area contributed by atoms with Crippen molar-refractivity contribution in [3.63, 3.8) is 0 Å². The highest BCUT2D eigenvalue weighted by Crippen LogP contribution is 2.24. The molecule has 0 saturated carbocycles. The summed E-state index contributed by atoms with van der Waals surface area (Å²) in [6.45, 7) is 2.75. The van der Waals surface area contributed by atoms with Crippen molar-refractivity contribution in [2.24, 2.45) is 5.92 Å². The van der Waals surface area contributed by atoms with Gasteiger partial charge < -0.3 is 15.1 Å². The van der Waals surface area contributed by atoms with E-state index in [2.05, 4.69) is 5.32 Å². The predicted octanol–water partition coefficient (Wildman–Crippen LogP) is 2.06. The van der Waals surface area contributed by atoms with Gasteiger partial charge in [-0.05, 0) is 50.4 Å². The minimum absolute atomic E-state index is 0. The van der Waals surface area contributed by atoms with Crippen molar-refractivity contribution in [1.29, 1.82) is 0 Å². The van der Waals surface area contributed by atoms with E-state index in [4.69, 9.17) is 0 Å². The second-order valence-electron chi connectivity index (χ2n) is 6.53. The molecule has 2 atom stereocenters. The predicted molar refractivity (Wildman–Crippen MR) is 97.4 cm³/mol. The lowest BCUT2D eigenvalue weighted by Gasteiger charge is -2.24. The summed E-state index contributed by atoms with van der Waals surface area (Å²) in [6.07, 6.45) is 3.32. The lowest BCUT2D eigenvalue weighted by Crippen LogP contribution is -2.43. The average molecular weight is 352 g/mol. The molecule has 0 radical (unpaired) electrons. The Morgan fingerprint density at radius 1 is 1.29 bits per heavy atom. The topological polar surface area (TPSA) is 52.7 Å². The number of carbonyl (C=O) groups excluding carboxylic acids is 2. The first-order valence-corrected chi connectivity index (χ1v) is 8.49. The second kappa shape index (κ2) is 8.49. The normalized spacial score (nSPS) is 23.2. The summed E-state index contributed by atoms with van der Waals surface area (Å²) < 4.78 is 0. The molecule has 5 nitrogen and oxygen atoms in total. The Balaban J connectivity index is 0.00000208. The number of carbonyl (C=O) groups is 2. The van der Waals surface area contributed by atoms with Crippen molar-refractivity contribution in [2.75, 3.05) is 31.6 Å². The Labute approximate surface area is 149 Å². The van der Waals surface area contributed by atoms with Crippen LogP contribution in [0.4, 0.5) is 5.69 Å². The summed E-state index contributed by atoms with van der Waals surface area (Å²) in [5, 5.41) is 3.33. The SMILES string of the molecule is CN(C(=O)CCC1CCNC1)C1CCN(c2ccccc2)C1=O.Cl. The van der Waals surface area contributed by atoms with Gasteiger partial charge in [0, 0.05) is 25.7 Å². The minimum atomic E-state index is -0.315. The summed E-state index contributed by atoms with van der Waals surface area (Å²) >= 11 is 0. The second-order valence-corrected chi connectivity index (χ2v) is 6.53. The molecule has 1 aromatic carbocycles. The van der Waals surface area contributed by atoms with E-state index in [-0.39, 0.29) is 30.3 Å². The lowest BCUT2D eigenvalue weighted by molar-refractivity contribution is -0.136. The quantitative estimate of drug-likeness (QED) is 0.883. The first kappa shape index (κ1) is 18.7. The Morgan fingerprint density at radius 3 is 2.71 bits per heavy atom. The molecule has 2 amide bonds. The van der Waals surface area contributed by atoms with Crippen LogP contribution in [0.25, 0.3) is 0 Å². The van der Waals surface area contributed by atoms with Gasteiger partial charge in [0.25, 0.3) is 0 Å². The number of hydrogen-bond donors (Lipinski definition) is 1. The fourth-order valence-corrected chi connectivity index (χ4v) is 3.53. The fraction of sp³-hybridized carbons (Fsp3) is 0.556. The monoisotopic (exact) mass is 351 g/mol. The molecule has 24 heavy (non-hydrogen) atoms. The molecule has 6 heteroatoms. The van der Waals surface area contributed by atoms with Gasteiger partial charge in [0.1, 0.15) is 6.04 Å². The van der Waals surface area contributed by atoms with E-state index in [1.807, 2.05) is 30.3 Å². The number of anilines is 1. The molecule has 2 saturated heterocycles. The highest BCUT2D eigenvalue weighted by Gasteiger charge is 2.37. The Morgan fingerprint density at radius 2 is 2.04 bits per heavy atom. The van der Waals surface area contributed by atoms with E-state index in [1.165, 1.54) is 0 Å². The number of para-hydroxylation sites is 1. The molecule has 1 N–H and O–H groups in total. The Kier molecular flexibility index (Phi) is 6.63. The number of hydrogen-bond acceptors (Lipinski definition) is 3. The third kappa shape index (κ3) is 4.08. The van der Waals surface area contributed by atoms with Crippen molar-refractivity contribution in [1.82, 2.24) is 10.2 Å². The van der Waals surface area contributed by atoms with Crippen LogP contribution in [-0.4, -0.2) is 49.4 Å². The van der Waals surface area contributed by atoms with Crippen molar-refractivity contribution in [3.8, 4) is 0 Å². The van der Waals surface area contributed by atoms with E-state index >= 15 is 0 Å². The molecule has 3 rings (SSSR count). The van der Waals surface area contributed by atoms with Crippen LogP contribution >= 0.6 is 12.4 Å². The first-order valence-electron chi connectivity index (χ1n) is 8.49. The van der Waals surface area contributed by atoms with E-state index in [0.717, 1.165) is 31.6 Å². The summed E-state index contributed by atoms with van der Waals surface area (Å²) in [4.78, 5) is 28.5. The lowest BCUT2D eigenvalue weighted by atomic mass is 10.0. The smallest absolute Gasteiger partial charge is 0.249 e. The van der Waals surface area contributed by atoms with Gasteiger partial charge in [0.2, 0.25) is 11.8 Å². The third-order valence-electron chi connectivity index (χ3n) is 5.03. The number of halogens is 1. The number of nitrogens with one attached hydrogen (secondary N) is 1. The van der Waals surface area contributed by atoms with Gasteiger partial charge >= 0.3 is 0 Å². The first-order chi connectivity index (χ1) is 11.2. The van der Waals surface area contributed by atoms with Crippen LogP contribution in [0.1, 0.15) is 25.7 Å². The van der Waals surface area contributed by atoms with Gasteiger partial charge in [-0.3, -0.25) is 9.59 Å². The molecule has 0 spiro atoms. The molecule has 0 bridgehead atoms. The molecular weight excluding hydrogens is 326 g/mol. The standard InChI is InChI=1S/C18H25N3O2.ClH/c1-20(17(22)8-7-14-9-11-19-13-14)16-10-12-21(18(16)23)15-5-3-2-4-6-15;/h2-6,14,16,19H,7-13H2,1H3;1H. The van der Waals surface area contributed by atoms with E-state index in [1.54, 1.807) is 16.8 Å². The summed E-state index contributed by atoms with van der Waals surface area (Å²) in [5.41, 5.74) is 0.915. The maximum absolute atomic E-state index is 12.6. The minimum Gasteiger partial charge on any atom is -0.334 e. The summed E-state index contributed by atoms with van der Waals surface area (Å²) in [7, 11) is 1.77. The molecular formula is C18H26ClN3O2. The molecule has 0 aliphatic carbocycles. The van der Waals surface area contributed by atoms with Crippen LogP contribution in [0.3, 0.4) is 0 Å². The molecule has 1 aromatic rings. The van der Waals surface area contributed by atoms with Crippen LogP contribution in [0.15, 0.2) is 30.3 Å². The van der Waals surface area contributed by atoms with Gasteiger partial charge in [0.05, 0.1) is 0 Å². The number of benzene rings is 1. The third-order valence-corrected chi connectivity index (χ3v) is 5.03. The van der Waals surface area contributed by atoms with Gasteiger partial charge in [-0.2, -0.15) is 0 Å². The zero-order valence-electron chi connectivity index (χ0n) is 14.1. The molecule has 2 fully saturated rings. The number of likely N-dealkylation sites (N-methyl/N-ethyl adjacent to an activating group) is 1. The Bertz CT molecular complexity index is 561. The van der Waals surface area contributed by atoms with Crippen LogP contribution in [-0.2, 0) is 9.59 Å². The number of amides is 2. The number of nitrogens with zero attached hydrogens (tertiary/aromatic N) is 2. The molecule has 2 aliphatic rings. The molecule has 132 valence electrons. The van der Waals surface area contributed by atoms with Crippen LogP contribution < -0.4 is 10.2 Å². The number of rotatable bonds is 5.